The van der Waals surface area contributed by atoms with Crippen molar-refractivity contribution in [1.29, 1.82) is 0 Å². The van der Waals surface area contributed by atoms with E-state index in [0.717, 1.165) is 26.0 Å². The predicted molar refractivity (Wildman–Crippen MR) is 109 cm³/mol. The number of nitrogens with one attached hydrogen (secondary N) is 1. The van der Waals surface area contributed by atoms with Gasteiger partial charge in [0.15, 0.2) is 0 Å². The number of benzene rings is 2. The van der Waals surface area contributed by atoms with E-state index in [1.165, 1.54) is 16.2 Å². The maximum Gasteiger partial charge on any atom is 0.0918 e. The summed E-state index contributed by atoms with van der Waals surface area (Å²) in [5.74, 6) is 0. The first-order valence-corrected chi connectivity index (χ1v) is 10.2. The third kappa shape index (κ3) is 5.37. The van der Waals surface area contributed by atoms with Crippen LogP contribution >= 0.6 is 8.15 Å². The van der Waals surface area contributed by atoms with Crippen LogP contribution in [-0.4, -0.2) is 19.2 Å². The number of hydrogen-bond acceptors (Lipinski definition) is 2. The van der Waals surface area contributed by atoms with E-state index in [2.05, 4.69) is 91.1 Å². The summed E-state index contributed by atoms with van der Waals surface area (Å²) in [7, 11) is -0.777. The minimum atomic E-state index is -0.777. The molecule has 0 aromatic heterocycles. The largest absolute Gasteiger partial charge is 0.348 e. The van der Waals surface area contributed by atoms with E-state index in [1.807, 2.05) is 0 Å². The lowest BCUT2D eigenvalue weighted by molar-refractivity contribution is 0.293. The highest BCUT2D eigenvalue weighted by Crippen LogP contribution is 2.34. The summed E-state index contributed by atoms with van der Waals surface area (Å²) >= 11 is 0. The van der Waals surface area contributed by atoms with E-state index < -0.39 is 8.15 Å². The second-order valence-electron chi connectivity index (χ2n) is 6.20. The predicted octanol–water partition coefficient (Wildman–Crippen LogP) is 4.31. The molecule has 2 aromatic rings. The molecule has 0 heterocycles. The normalized spacial score (nSPS) is 14.7. The molecule has 0 bridgehead atoms. The molecule has 1 aliphatic carbocycles. The summed E-state index contributed by atoms with van der Waals surface area (Å²) in [6, 6.07) is 21.5. The second kappa shape index (κ2) is 9.68. The number of hydrogen-bond donors (Lipinski definition) is 1. The zero-order valence-electron chi connectivity index (χ0n) is 14.8. The van der Waals surface area contributed by atoms with Crippen LogP contribution in [0.5, 0.6) is 0 Å². The van der Waals surface area contributed by atoms with Gasteiger partial charge in [-0.15, -0.1) is 0 Å². The molecule has 3 rings (SSSR count). The van der Waals surface area contributed by atoms with Crippen molar-refractivity contribution in [3.05, 3.63) is 84.5 Å². The monoisotopic (exact) mass is 351 g/mol. The highest BCUT2D eigenvalue weighted by atomic mass is 31.1. The van der Waals surface area contributed by atoms with Crippen molar-refractivity contribution >= 4 is 18.8 Å². The van der Waals surface area contributed by atoms with Crippen molar-refractivity contribution in [3.8, 4) is 0 Å². The van der Waals surface area contributed by atoms with E-state index in [9.17, 15) is 0 Å². The fraction of sp³-hybridized carbons (Fsp3) is 0.273. The number of rotatable bonds is 9. The standard InChI is InChI=1S/C22H26NOP/c1-2-20(23-17-19-11-9-10-12-19)18-24-25(21-13-5-3-6-14-21)22-15-7-4-8-16-22/h3-11,13-16,20,23H,2,12,17-18H2,1H3/t20-/m1/s1. The molecule has 130 valence electrons. The maximum absolute atomic E-state index is 6.45. The smallest absolute Gasteiger partial charge is 0.0918 e. The van der Waals surface area contributed by atoms with Crippen LogP contribution in [0, 0.1) is 0 Å². The van der Waals surface area contributed by atoms with E-state index in [0.29, 0.717) is 6.04 Å². The molecular formula is C22H26NOP. The molecule has 0 amide bonds. The highest BCUT2D eigenvalue weighted by Gasteiger charge is 2.17. The van der Waals surface area contributed by atoms with Gasteiger partial charge >= 0.3 is 0 Å². The van der Waals surface area contributed by atoms with Crippen LogP contribution in [0.4, 0.5) is 0 Å². The third-order valence-electron chi connectivity index (χ3n) is 4.34. The fourth-order valence-electron chi connectivity index (χ4n) is 2.81. The van der Waals surface area contributed by atoms with Gasteiger partial charge < -0.3 is 9.84 Å². The average Bonchev–Trinajstić information content (AvgIpc) is 3.20. The molecule has 0 radical (unpaired) electrons. The lowest BCUT2D eigenvalue weighted by Crippen LogP contribution is -2.34. The molecule has 0 saturated heterocycles. The Labute approximate surface area is 152 Å². The summed E-state index contributed by atoms with van der Waals surface area (Å²) < 4.78 is 6.45. The zero-order chi connectivity index (χ0) is 17.3. The molecule has 3 heteroatoms. The minimum absolute atomic E-state index is 0.374. The summed E-state index contributed by atoms with van der Waals surface area (Å²) in [5, 5.41) is 6.18. The van der Waals surface area contributed by atoms with Crippen LogP contribution in [0.25, 0.3) is 0 Å². The first-order valence-electron chi connectivity index (χ1n) is 8.98. The van der Waals surface area contributed by atoms with Gasteiger partial charge in [-0.3, -0.25) is 0 Å². The van der Waals surface area contributed by atoms with Crippen molar-refractivity contribution in [2.75, 3.05) is 13.2 Å². The van der Waals surface area contributed by atoms with Crippen LogP contribution in [0.3, 0.4) is 0 Å². The quantitative estimate of drug-likeness (QED) is 0.680. The molecular weight excluding hydrogens is 325 g/mol. The second-order valence-corrected chi connectivity index (χ2v) is 8.08. The maximum atomic E-state index is 6.45. The number of allylic oxidation sites excluding steroid dienone is 3. The van der Waals surface area contributed by atoms with Crippen molar-refractivity contribution in [3.63, 3.8) is 0 Å². The Kier molecular flexibility index (Phi) is 6.99. The van der Waals surface area contributed by atoms with Crippen LogP contribution in [0.15, 0.2) is 84.5 Å². The Morgan fingerprint density at radius 3 is 2.16 bits per heavy atom. The van der Waals surface area contributed by atoms with E-state index in [-0.39, 0.29) is 0 Å². The topological polar surface area (TPSA) is 21.3 Å². The Balaban J connectivity index is 1.63. The first kappa shape index (κ1) is 18.1. The molecule has 0 fully saturated rings. The Hall–Kier alpha value is -1.73. The van der Waals surface area contributed by atoms with Gasteiger partial charge in [-0.25, -0.2) is 0 Å². The van der Waals surface area contributed by atoms with Crippen molar-refractivity contribution in [2.45, 2.75) is 25.8 Å². The van der Waals surface area contributed by atoms with Gasteiger partial charge in [0.2, 0.25) is 0 Å². The molecule has 25 heavy (non-hydrogen) atoms. The summed E-state index contributed by atoms with van der Waals surface area (Å²) in [6.07, 6.45) is 8.69. The zero-order valence-corrected chi connectivity index (χ0v) is 15.7. The van der Waals surface area contributed by atoms with Crippen molar-refractivity contribution < 1.29 is 4.52 Å². The first-order chi connectivity index (χ1) is 12.4. The molecule has 2 aromatic carbocycles. The summed E-state index contributed by atoms with van der Waals surface area (Å²) in [6.45, 7) is 3.89. The van der Waals surface area contributed by atoms with Crippen LogP contribution in [0.1, 0.15) is 19.8 Å². The van der Waals surface area contributed by atoms with Gasteiger partial charge in [-0.05, 0) is 12.8 Å². The van der Waals surface area contributed by atoms with Crippen molar-refractivity contribution in [2.24, 2.45) is 0 Å². The van der Waals surface area contributed by atoms with Gasteiger partial charge in [-0.2, -0.15) is 0 Å². The molecule has 0 saturated carbocycles. The SMILES string of the molecule is CC[C@H](COP(c1ccccc1)c1ccccc1)NCC1=CC=CC1. The van der Waals surface area contributed by atoms with Crippen LogP contribution in [0.2, 0.25) is 0 Å². The van der Waals surface area contributed by atoms with Gasteiger partial charge in [0.1, 0.15) is 0 Å². The summed E-state index contributed by atoms with van der Waals surface area (Å²) in [5.41, 5.74) is 1.45. The van der Waals surface area contributed by atoms with Gasteiger partial charge in [0.05, 0.1) is 14.8 Å². The Morgan fingerprint density at radius 1 is 1.00 bits per heavy atom. The lowest BCUT2D eigenvalue weighted by atomic mass is 10.2. The molecule has 0 unspecified atom stereocenters. The van der Waals surface area contributed by atoms with Gasteiger partial charge in [-0.1, -0.05) is 91.4 Å². The van der Waals surface area contributed by atoms with E-state index >= 15 is 0 Å². The van der Waals surface area contributed by atoms with Crippen LogP contribution in [-0.2, 0) is 4.52 Å². The summed E-state index contributed by atoms with van der Waals surface area (Å²) in [4.78, 5) is 0. The van der Waals surface area contributed by atoms with E-state index in [1.54, 1.807) is 0 Å². The van der Waals surface area contributed by atoms with E-state index in [4.69, 9.17) is 4.52 Å². The lowest BCUT2D eigenvalue weighted by Gasteiger charge is -2.23. The minimum Gasteiger partial charge on any atom is -0.348 e. The molecule has 1 atom stereocenters. The highest BCUT2D eigenvalue weighted by molar-refractivity contribution is 7.68. The fourth-order valence-corrected chi connectivity index (χ4v) is 4.62. The van der Waals surface area contributed by atoms with Gasteiger partial charge in [0.25, 0.3) is 0 Å². The molecule has 0 spiro atoms. The van der Waals surface area contributed by atoms with Crippen LogP contribution < -0.4 is 15.9 Å². The van der Waals surface area contributed by atoms with Gasteiger partial charge in [0, 0.05) is 23.2 Å². The Bertz CT molecular complexity index is 657. The molecule has 1 N–H and O–H groups in total. The molecule has 1 aliphatic rings. The molecule has 2 nitrogen and oxygen atoms in total. The third-order valence-corrected chi connectivity index (χ3v) is 6.29. The van der Waals surface area contributed by atoms with Crippen molar-refractivity contribution in [1.82, 2.24) is 5.32 Å². The Morgan fingerprint density at radius 2 is 1.64 bits per heavy atom. The average molecular weight is 351 g/mol. The molecule has 0 aliphatic heterocycles.